The standard InChI is InChI=1S/C25H24FN5O4S/c1-34-20-6-2-17(3-7-20)24-28-31-22(32)14-19(27-25(31)36-24)15-29-10-12-30(13-11-29)23(33)16-35-21-8-4-18(26)5-9-21/h2-9,14H,10-13,15-16H2,1H3. The molecule has 2 aromatic heterocycles. The number of fused-ring (bicyclic) bond motifs is 1. The maximum Gasteiger partial charge on any atom is 0.275 e. The molecule has 0 bridgehead atoms. The van der Waals surface area contributed by atoms with E-state index in [-0.39, 0.29) is 23.9 Å². The number of hydrogen-bond acceptors (Lipinski definition) is 8. The molecule has 0 atom stereocenters. The first-order chi connectivity index (χ1) is 17.5. The molecule has 11 heteroatoms. The molecule has 0 unspecified atom stereocenters. The molecule has 4 aromatic rings. The smallest absolute Gasteiger partial charge is 0.275 e. The van der Waals surface area contributed by atoms with Crippen LogP contribution in [0.1, 0.15) is 5.69 Å². The van der Waals surface area contributed by atoms with Crippen molar-refractivity contribution in [1.29, 1.82) is 0 Å². The molecule has 0 spiro atoms. The molecule has 0 aliphatic carbocycles. The zero-order chi connectivity index (χ0) is 25.1. The van der Waals surface area contributed by atoms with Crippen molar-refractivity contribution in [1.82, 2.24) is 24.4 Å². The predicted octanol–water partition coefficient (Wildman–Crippen LogP) is 2.69. The molecular weight excluding hydrogens is 485 g/mol. The summed E-state index contributed by atoms with van der Waals surface area (Å²) in [5.74, 6) is 0.732. The molecule has 36 heavy (non-hydrogen) atoms. The maximum absolute atomic E-state index is 13.0. The van der Waals surface area contributed by atoms with E-state index in [2.05, 4.69) is 15.0 Å². The normalized spacial score (nSPS) is 14.2. The number of carbonyl (C=O) groups excluding carboxylic acids is 1. The predicted molar refractivity (Wildman–Crippen MR) is 133 cm³/mol. The molecule has 3 heterocycles. The third-order valence-electron chi connectivity index (χ3n) is 5.92. The van der Waals surface area contributed by atoms with E-state index >= 15 is 0 Å². The molecule has 0 N–H and O–H groups in total. The summed E-state index contributed by atoms with van der Waals surface area (Å²) in [6.45, 7) is 2.83. The second-order valence-corrected chi connectivity index (χ2v) is 9.27. The van der Waals surface area contributed by atoms with Gasteiger partial charge >= 0.3 is 0 Å². The minimum absolute atomic E-state index is 0.0947. The Morgan fingerprint density at radius 2 is 1.72 bits per heavy atom. The largest absolute Gasteiger partial charge is 0.497 e. The van der Waals surface area contributed by atoms with Gasteiger partial charge in [0.2, 0.25) is 4.96 Å². The molecule has 2 aromatic carbocycles. The van der Waals surface area contributed by atoms with E-state index in [1.807, 2.05) is 24.3 Å². The summed E-state index contributed by atoms with van der Waals surface area (Å²) >= 11 is 1.36. The fourth-order valence-corrected chi connectivity index (χ4v) is 4.87. The molecule has 1 saturated heterocycles. The highest BCUT2D eigenvalue weighted by atomic mass is 32.1. The van der Waals surface area contributed by atoms with Crippen molar-refractivity contribution in [3.63, 3.8) is 0 Å². The fourth-order valence-electron chi connectivity index (χ4n) is 3.94. The lowest BCUT2D eigenvalue weighted by Crippen LogP contribution is -2.49. The van der Waals surface area contributed by atoms with Crippen LogP contribution >= 0.6 is 11.3 Å². The molecule has 1 aliphatic heterocycles. The van der Waals surface area contributed by atoms with E-state index in [1.165, 1.54) is 46.2 Å². The van der Waals surface area contributed by atoms with Gasteiger partial charge in [-0.25, -0.2) is 9.37 Å². The monoisotopic (exact) mass is 509 g/mol. The van der Waals surface area contributed by atoms with Crippen LogP contribution < -0.4 is 15.0 Å². The van der Waals surface area contributed by atoms with Crippen LogP contribution in [-0.2, 0) is 11.3 Å². The van der Waals surface area contributed by atoms with Crippen molar-refractivity contribution in [3.8, 4) is 22.1 Å². The number of carbonyl (C=O) groups is 1. The number of aromatic nitrogens is 3. The number of benzene rings is 2. The molecule has 1 amide bonds. The van der Waals surface area contributed by atoms with Crippen LogP contribution in [-0.4, -0.2) is 70.2 Å². The van der Waals surface area contributed by atoms with E-state index in [4.69, 9.17) is 9.47 Å². The van der Waals surface area contributed by atoms with Crippen LogP contribution in [0.25, 0.3) is 15.5 Å². The Bertz CT molecular complexity index is 1410. The van der Waals surface area contributed by atoms with Gasteiger partial charge in [0.1, 0.15) is 22.3 Å². The van der Waals surface area contributed by atoms with E-state index in [1.54, 1.807) is 12.0 Å². The van der Waals surface area contributed by atoms with Crippen LogP contribution in [0.3, 0.4) is 0 Å². The van der Waals surface area contributed by atoms with Crippen LogP contribution in [0.5, 0.6) is 11.5 Å². The zero-order valence-electron chi connectivity index (χ0n) is 19.6. The van der Waals surface area contributed by atoms with Crippen molar-refractivity contribution in [3.05, 3.63) is 76.5 Å². The number of halogens is 1. The first-order valence-corrected chi connectivity index (χ1v) is 12.2. The van der Waals surface area contributed by atoms with Gasteiger partial charge in [0.25, 0.3) is 11.5 Å². The van der Waals surface area contributed by atoms with Crippen LogP contribution in [0, 0.1) is 5.82 Å². The number of methoxy groups -OCH3 is 1. The number of hydrogen-bond donors (Lipinski definition) is 0. The highest BCUT2D eigenvalue weighted by Gasteiger charge is 2.22. The molecule has 1 aliphatic rings. The molecular formula is C25H24FN5O4S. The van der Waals surface area contributed by atoms with Crippen molar-refractivity contribution in [2.75, 3.05) is 39.9 Å². The van der Waals surface area contributed by atoms with Crippen molar-refractivity contribution < 1.29 is 18.7 Å². The van der Waals surface area contributed by atoms with Gasteiger partial charge in [0.15, 0.2) is 6.61 Å². The summed E-state index contributed by atoms with van der Waals surface area (Å²) in [5, 5.41) is 5.13. The zero-order valence-corrected chi connectivity index (χ0v) is 20.4. The van der Waals surface area contributed by atoms with Gasteiger partial charge < -0.3 is 14.4 Å². The maximum atomic E-state index is 13.0. The number of nitrogens with zero attached hydrogens (tertiary/aromatic N) is 5. The molecule has 5 rings (SSSR count). The summed E-state index contributed by atoms with van der Waals surface area (Å²) in [6, 6.07) is 14.6. The molecule has 186 valence electrons. The van der Waals surface area contributed by atoms with Crippen molar-refractivity contribution >= 4 is 22.2 Å². The summed E-state index contributed by atoms with van der Waals surface area (Å²) in [5.41, 5.74) is 1.33. The van der Waals surface area contributed by atoms with E-state index in [9.17, 15) is 14.0 Å². The highest BCUT2D eigenvalue weighted by molar-refractivity contribution is 7.19. The Kier molecular flexibility index (Phi) is 6.92. The highest BCUT2D eigenvalue weighted by Crippen LogP contribution is 2.26. The minimum Gasteiger partial charge on any atom is -0.497 e. The number of amides is 1. The summed E-state index contributed by atoms with van der Waals surface area (Å²) in [4.78, 5) is 34.3. The molecule has 9 nitrogen and oxygen atoms in total. The topological polar surface area (TPSA) is 89.3 Å². The molecule has 0 saturated carbocycles. The van der Waals surface area contributed by atoms with Gasteiger partial charge in [0, 0.05) is 44.4 Å². The van der Waals surface area contributed by atoms with E-state index in [0.29, 0.717) is 54.1 Å². The number of rotatable bonds is 7. The summed E-state index contributed by atoms with van der Waals surface area (Å²) in [7, 11) is 1.61. The number of piperazine rings is 1. The second-order valence-electron chi connectivity index (χ2n) is 8.32. The van der Waals surface area contributed by atoms with Crippen LogP contribution in [0.15, 0.2) is 59.4 Å². The van der Waals surface area contributed by atoms with Gasteiger partial charge in [0.05, 0.1) is 12.8 Å². The van der Waals surface area contributed by atoms with Gasteiger partial charge in [-0.3, -0.25) is 14.5 Å². The van der Waals surface area contributed by atoms with Gasteiger partial charge in [-0.05, 0) is 48.5 Å². The van der Waals surface area contributed by atoms with E-state index < -0.39 is 0 Å². The Morgan fingerprint density at radius 1 is 1.03 bits per heavy atom. The van der Waals surface area contributed by atoms with Gasteiger partial charge in [-0.2, -0.15) is 9.61 Å². The average molecular weight is 510 g/mol. The second kappa shape index (κ2) is 10.4. The quantitative estimate of drug-likeness (QED) is 0.379. The van der Waals surface area contributed by atoms with Crippen LogP contribution in [0.2, 0.25) is 0 Å². The number of ether oxygens (including phenoxy) is 2. The van der Waals surface area contributed by atoms with Gasteiger partial charge in [-0.15, -0.1) is 0 Å². The Hall–Kier alpha value is -3.83. The first kappa shape index (κ1) is 23.9. The third kappa shape index (κ3) is 5.37. The van der Waals surface area contributed by atoms with Crippen molar-refractivity contribution in [2.24, 2.45) is 0 Å². The lowest BCUT2D eigenvalue weighted by Gasteiger charge is -2.34. The average Bonchev–Trinajstić information content (AvgIpc) is 3.33. The van der Waals surface area contributed by atoms with Gasteiger partial charge in [-0.1, -0.05) is 11.3 Å². The van der Waals surface area contributed by atoms with Crippen LogP contribution in [0.4, 0.5) is 4.39 Å². The molecule has 1 fully saturated rings. The summed E-state index contributed by atoms with van der Waals surface area (Å²) in [6.07, 6.45) is 0. The Labute approximate surface area is 210 Å². The lowest BCUT2D eigenvalue weighted by atomic mass is 10.2. The Morgan fingerprint density at radius 3 is 2.42 bits per heavy atom. The summed E-state index contributed by atoms with van der Waals surface area (Å²) < 4.78 is 25.0. The SMILES string of the molecule is COc1ccc(-c2nn3c(=O)cc(CN4CCN(C(=O)COc5ccc(F)cc5)CC4)nc3s2)cc1. The first-order valence-electron chi connectivity index (χ1n) is 11.4. The van der Waals surface area contributed by atoms with E-state index in [0.717, 1.165) is 11.3 Å². The molecule has 0 radical (unpaired) electrons. The van der Waals surface area contributed by atoms with Crippen molar-refractivity contribution in [2.45, 2.75) is 6.54 Å². The Balaban J connectivity index is 1.18. The third-order valence-corrected chi connectivity index (χ3v) is 6.88. The lowest BCUT2D eigenvalue weighted by molar-refractivity contribution is -0.135. The minimum atomic E-state index is -0.353. The fraction of sp³-hybridized carbons (Fsp3) is 0.280.